The number of rotatable bonds is 4. The zero-order valence-corrected chi connectivity index (χ0v) is 15.8. The molecule has 0 atom stereocenters. The fourth-order valence-corrected chi connectivity index (χ4v) is 3.72. The lowest BCUT2D eigenvalue weighted by Gasteiger charge is -2.32. The van der Waals surface area contributed by atoms with Crippen LogP contribution >= 0.6 is 0 Å². The summed E-state index contributed by atoms with van der Waals surface area (Å²) in [4.78, 5) is 41.0. The molecule has 2 aliphatic rings. The number of piperazine rings is 1. The van der Waals surface area contributed by atoms with E-state index in [0.29, 0.717) is 5.69 Å². The Morgan fingerprint density at radius 1 is 1.00 bits per heavy atom. The monoisotopic (exact) mass is 381 g/mol. The van der Waals surface area contributed by atoms with Gasteiger partial charge in [-0.3, -0.25) is 24.3 Å². The Balaban J connectivity index is 1.53. The number of carbonyl (C=O) groups excluding carboxylic acids is 2. The van der Waals surface area contributed by atoms with Gasteiger partial charge in [-0.15, -0.1) is 0 Å². The van der Waals surface area contributed by atoms with Crippen LogP contribution in [0, 0.1) is 0 Å². The molecule has 0 bridgehead atoms. The molecule has 0 unspecified atom stereocenters. The maximum Gasteiger partial charge on any atom is 0.262 e. The number of likely N-dealkylation sites (N-methyl/N-ethyl adjacent to an activating group) is 1. The molecule has 2 aliphatic heterocycles. The summed E-state index contributed by atoms with van der Waals surface area (Å²) in [5.74, 6) is -1.18. The summed E-state index contributed by atoms with van der Waals surface area (Å²) in [5, 5.41) is 2.17. The lowest BCUT2D eigenvalue weighted by atomic mass is 10.1. The first-order valence-electron chi connectivity index (χ1n) is 9.35. The predicted molar refractivity (Wildman–Crippen MR) is 106 cm³/mol. The fourth-order valence-electron chi connectivity index (χ4n) is 3.72. The minimum absolute atomic E-state index is 0.0176. The number of hydrogen-bond donors (Lipinski definition) is 2. The molecular weight excluding hydrogens is 358 g/mol. The van der Waals surface area contributed by atoms with Crippen molar-refractivity contribution >= 4 is 17.6 Å². The van der Waals surface area contributed by atoms with Crippen LogP contribution in [-0.4, -0.2) is 66.0 Å². The molecule has 1 aromatic carbocycles. The molecular formula is C20H23N5O3. The highest BCUT2D eigenvalue weighted by molar-refractivity contribution is 6.23. The molecule has 0 spiro atoms. The van der Waals surface area contributed by atoms with E-state index >= 15 is 0 Å². The largest absolute Gasteiger partial charge is 0.384 e. The van der Waals surface area contributed by atoms with Crippen LogP contribution in [0.2, 0.25) is 0 Å². The Kier molecular flexibility index (Phi) is 4.74. The minimum Gasteiger partial charge on any atom is -0.384 e. The summed E-state index contributed by atoms with van der Waals surface area (Å²) < 4.78 is 1.27. The number of nitrogens with two attached hydrogens (primary N) is 1. The normalized spacial score (nSPS) is 17.6. The van der Waals surface area contributed by atoms with E-state index in [0.717, 1.165) is 45.2 Å². The van der Waals surface area contributed by atoms with E-state index in [2.05, 4.69) is 22.2 Å². The van der Waals surface area contributed by atoms with Crippen molar-refractivity contribution in [1.82, 2.24) is 19.7 Å². The number of nitrogens with zero attached hydrogens (tertiary/aromatic N) is 3. The quantitative estimate of drug-likeness (QED) is 0.729. The zero-order chi connectivity index (χ0) is 19.8. The Morgan fingerprint density at radius 2 is 1.68 bits per heavy atom. The molecule has 146 valence electrons. The van der Waals surface area contributed by atoms with E-state index in [-0.39, 0.29) is 16.9 Å². The van der Waals surface area contributed by atoms with Crippen LogP contribution < -0.4 is 16.6 Å². The van der Waals surface area contributed by atoms with Gasteiger partial charge in [0.25, 0.3) is 17.4 Å². The summed E-state index contributed by atoms with van der Waals surface area (Å²) in [5.41, 5.74) is 7.46. The van der Waals surface area contributed by atoms with E-state index in [1.807, 2.05) is 24.3 Å². The first-order valence-corrected chi connectivity index (χ1v) is 9.35. The number of benzene rings is 1. The SMILES string of the molecule is CN1CCN(CCc2ccc(-n3c(N)c4c(cc3=O)C(=O)NC4=O)cc2)CC1. The van der Waals surface area contributed by atoms with Gasteiger partial charge in [0.2, 0.25) is 0 Å². The van der Waals surface area contributed by atoms with Gasteiger partial charge in [0.1, 0.15) is 5.82 Å². The second-order valence-corrected chi connectivity index (χ2v) is 7.34. The van der Waals surface area contributed by atoms with E-state index < -0.39 is 17.4 Å². The van der Waals surface area contributed by atoms with Gasteiger partial charge in [0.05, 0.1) is 16.8 Å². The van der Waals surface area contributed by atoms with Crippen molar-refractivity contribution < 1.29 is 9.59 Å². The second-order valence-electron chi connectivity index (χ2n) is 7.34. The Morgan fingerprint density at radius 3 is 2.36 bits per heavy atom. The topological polar surface area (TPSA) is 101 Å². The molecule has 2 aromatic rings. The third kappa shape index (κ3) is 3.32. The summed E-state index contributed by atoms with van der Waals surface area (Å²) in [6, 6.07) is 8.73. The summed E-state index contributed by atoms with van der Waals surface area (Å²) in [7, 11) is 2.14. The third-order valence-corrected chi connectivity index (χ3v) is 5.46. The van der Waals surface area contributed by atoms with Crippen LogP contribution in [0.5, 0.6) is 0 Å². The number of imide groups is 1. The standard InChI is InChI=1S/C20H23N5O3/c1-23-8-10-24(11-9-23)7-6-13-2-4-14(5-3-13)25-16(26)12-15-17(18(25)21)20(28)22-19(15)27/h2-5,12H,6-11,21H2,1H3,(H,22,27,28). The number of hydrogen-bond acceptors (Lipinski definition) is 6. The van der Waals surface area contributed by atoms with Gasteiger partial charge < -0.3 is 15.5 Å². The van der Waals surface area contributed by atoms with Crippen molar-refractivity contribution in [2.24, 2.45) is 0 Å². The highest BCUT2D eigenvalue weighted by atomic mass is 16.2. The van der Waals surface area contributed by atoms with Gasteiger partial charge in [0, 0.05) is 38.8 Å². The van der Waals surface area contributed by atoms with Gasteiger partial charge >= 0.3 is 0 Å². The number of anilines is 1. The Labute approximate surface area is 162 Å². The first-order chi connectivity index (χ1) is 13.4. The van der Waals surface area contributed by atoms with Gasteiger partial charge in [-0.1, -0.05) is 12.1 Å². The molecule has 2 amide bonds. The van der Waals surface area contributed by atoms with Crippen LogP contribution in [0.3, 0.4) is 0 Å². The molecule has 0 aliphatic carbocycles. The zero-order valence-electron chi connectivity index (χ0n) is 15.8. The molecule has 0 saturated carbocycles. The van der Waals surface area contributed by atoms with Crippen molar-refractivity contribution in [3.63, 3.8) is 0 Å². The maximum atomic E-state index is 12.5. The van der Waals surface area contributed by atoms with E-state index in [4.69, 9.17) is 5.73 Å². The molecule has 1 aromatic heterocycles. The molecule has 1 fully saturated rings. The van der Waals surface area contributed by atoms with Crippen LogP contribution in [0.15, 0.2) is 35.1 Å². The average Bonchev–Trinajstić information content (AvgIpc) is 2.96. The van der Waals surface area contributed by atoms with Crippen molar-refractivity contribution in [2.75, 3.05) is 45.5 Å². The number of nitrogens with one attached hydrogen (secondary N) is 1. The van der Waals surface area contributed by atoms with Crippen molar-refractivity contribution in [2.45, 2.75) is 6.42 Å². The Hall–Kier alpha value is -2.97. The highest BCUT2D eigenvalue weighted by Crippen LogP contribution is 2.23. The van der Waals surface area contributed by atoms with Gasteiger partial charge in [-0.25, -0.2) is 0 Å². The van der Waals surface area contributed by atoms with E-state index in [9.17, 15) is 14.4 Å². The number of amides is 2. The van der Waals surface area contributed by atoms with E-state index in [1.165, 1.54) is 10.1 Å². The molecule has 1 saturated heterocycles. The summed E-state index contributed by atoms with van der Waals surface area (Å²) in [6.07, 6.45) is 0.926. The number of pyridine rings is 1. The minimum atomic E-state index is -0.588. The Bertz CT molecular complexity index is 988. The third-order valence-electron chi connectivity index (χ3n) is 5.46. The fraction of sp³-hybridized carbons (Fsp3) is 0.350. The number of nitrogen functional groups attached to an aromatic ring is 1. The number of fused-ring (bicyclic) bond motifs is 1. The van der Waals surface area contributed by atoms with Crippen LogP contribution in [-0.2, 0) is 6.42 Å². The van der Waals surface area contributed by atoms with Gasteiger partial charge in [0.15, 0.2) is 0 Å². The van der Waals surface area contributed by atoms with Crippen molar-refractivity contribution in [3.05, 3.63) is 57.4 Å². The lowest BCUT2D eigenvalue weighted by molar-refractivity contribution is 0.0880. The summed E-state index contributed by atoms with van der Waals surface area (Å²) >= 11 is 0. The first kappa shape index (κ1) is 18.4. The van der Waals surface area contributed by atoms with Crippen LogP contribution in [0.25, 0.3) is 5.69 Å². The molecule has 0 radical (unpaired) electrons. The molecule has 4 rings (SSSR count). The molecule has 8 heteroatoms. The van der Waals surface area contributed by atoms with Crippen molar-refractivity contribution in [1.29, 1.82) is 0 Å². The second kappa shape index (κ2) is 7.21. The van der Waals surface area contributed by atoms with Crippen LogP contribution in [0.1, 0.15) is 26.3 Å². The smallest absolute Gasteiger partial charge is 0.262 e. The average molecular weight is 381 g/mol. The summed E-state index contributed by atoms with van der Waals surface area (Å²) in [6.45, 7) is 5.34. The van der Waals surface area contributed by atoms with E-state index in [1.54, 1.807) is 0 Å². The number of carbonyl (C=O) groups is 2. The molecule has 28 heavy (non-hydrogen) atoms. The van der Waals surface area contributed by atoms with Crippen molar-refractivity contribution in [3.8, 4) is 5.69 Å². The van der Waals surface area contributed by atoms with Gasteiger partial charge in [-0.05, 0) is 31.2 Å². The number of aromatic nitrogens is 1. The molecule has 8 nitrogen and oxygen atoms in total. The van der Waals surface area contributed by atoms with Gasteiger partial charge in [-0.2, -0.15) is 0 Å². The molecule has 3 heterocycles. The highest BCUT2D eigenvalue weighted by Gasteiger charge is 2.31. The van der Waals surface area contributed by atoms with Crippen LogP contribution in [0.4, 0.5) is 5.82 Å². The maximum absolute atomic E-state index is 12.5. The predicted octanol–water partition coefficient (Wildman–Crippen LogP) is 0.0932. The lowest BCUT2D eigenvalue weighted by Crippen LogP contribution is -2.45. The molecule has 3 N–H and O–H groups in total.